The fourth-order valence-electron chi connectivity index (χ4n) is 2.62. The molecule has 15 heavy (non-hydrogen) atoms. The van der Waals surface area contributed by atoms with Gasteiger partial charge in [-0.15, -0.1) is 0 Å². The zero-order valence-corrected chi connectivity index (χ0v) is 9.46. The molecule has 0 saturated carbocycles. The zero-order chi connectivity index (χ0) is 10.7. The number of likely N-dealkylation sites (N-methyl/N-ethyl adjacent to an activating group) is 1. The number of carbonyl (C=O) groups is 1. The second kappa shape index (κ2) is 4.94. The number of hydrogen-bond acceptors (Lipinski definition) is 3. The summed E-state index contributed by atoms with van der Waals surface area (Å²) < 4.78 is 0. The quantitative estimate of drug-likeness (QED) is 0.677. The van der Waals surface area contributed by atoms with Crippen LogP contribution in [0, 0.1) is 5.92 Å². The molecular weight excluding hydrogens is 190 g/mol. The van der Waals surface area contributed by atoms with Gasteiger partial charge in [-0.25, -0.2) is 0 Å². The molecule has 3 saturated heterocycles. The van der Waals surface area contributed by atoms with Gasteiger partial charge in [-0.3, -0.25) is 4.79 Å². The van der Waals surface area contributed by atoms with Gasteiger partial charge >= 0.3 is 0 Å². The molecule has 86 valence electrons. The van der Waals surface area contributed by atoms with Crippen molar-refractivity contribution in [3.63, 3.8) is 0 Å². The van der Waals surface area contributed by atoms with Gasteiger partial charge in [-0.1, -0.05) is 6.92 Å². The van der Waals surface area contributed by atoms with Gasteiger partial charge in [0.25, 0.3) is 0 Å². The van der Waals surface area contributed by atoms with Crippen molar-refractivity contribution in [3.8, 4) is 0 Å². The van der Waals surface area contributed by atoms with Crippen molar-refractivity contribution in [3.05, 3.63) is 0 Å². The summed E-state index contributed by atoms with van der Waals surface area (Å²) >= 11 is 0. The molecular formula is C11H21N3O. The molecule has 0 aromatic heterocycles. The van der Waals surface area contributed by atoms with Crippen LogP contribution >= 0.6 is 0 Å². The molecule has 3 aliphatic rings. The molecule has 1 unspecified atom stereocenters. The van der Waals surface area contributed by atoms with E-state index in [-0.39, 0.29) is 5.91 Å². The van der Waals surface area contributed by atoms with Gasteiger partial charge in [-0.05, 0) is 38.4 Å². The summed E-state index contributed by atoms with van der Waals surface area (Å²) in [4.78, 5) is 14.0. The van der Waals surface area contributed by atoms with Gasteiger partial charge in [0.05, 0.1) is 6.54 Å². The van der Waals surface area contributed by atoms with E-state index >= 15 is 0 Å². The number of fused-ring (bicyclic) bond motifs is 3. The highest BCUT2D eigenvalue weighted by Crippen LogP contribution is 2.27. The first-order valence-corrected chi connectivity index (χ1v) is 6.02. The highest BCUT2D eigenvalue weighted by molar-refractivity contribution is 5.78. The van der Waals surface area contributed by atoms with Crippen molar-refractivity contribution < 1.29 is 4.79 Å². The second-order valence-corrected chi connectivity index (χ2v) is 4.59. The third kappa shape index (κ3) is 2.69. The molecule has 3 aliphatic heterocycles. The number of nitrogens with zero attached hydrogens (tertiary/aromatic N) is 1. The number of piperidine rings is 3. The monoisotopic (exact) mass is 211 g/mol. The van der Waals surface area contributed by atoms with E-state index in [4.69, 9.17) is 0 Å². The Kier molecular flexibility index (Phi) is 3.59. The largest absolute Gasteiger partial charge is 0.351 e. The smallest absolute Gasteiger partial charge is 0.234 e. The molecule has 3 fully saturated rings. The van der Waals surface area contributed by atoms with E-state index in [1.807, 2.05) is 6.92 Å². The molecule has 1 atom stereocenters. The molecule has 1 amide bonds. The van der Waals surface area contributed by atoms with Crippen molar-refractivity contribution >= 4 is 5.91 Å². The van der Waals surface area contributed by atoms with E-state index < -0.39 is 0 Å². The van der Waals surface area contributed by atoms with Crippen molar-refractivity contribution in [1.82, 2.24) is 15.5 Å². The summed E-state index contributed by atoms with van der Waals surface area (Å²) in [5.41, 5.74) is 0. The van der Waals surface area contributed by atoms with E-state index in [0.717, 1.165) is 19.0 Å². The summed E-state index contributed by atoms with van der Waals surface area (Å²) in [5, 5.41) is 6.20. The fourth-order valence-corrected chi connectivity index (χ4v) is 2.62. The van der Waals surface area contributed by atoms with E-state index in [2.05, 4.69) is 15.5 Å². The Balaban J connectivity index is 1.77. The minimum absolute atomic E-state index is 0.149. The third-order valence-corrected chi connectivity index (χ3v) is 3.54. The van der Waals surface area contributed by atoms with Crippen molar-refractivity contribution in [2.24, 2.45) is 5.92 Å². The molecule has 4 heteroatoms. The Morgan fingerprint density at radius 1 is 1.40 bits per heavy atom. The van der Waals surface area contributed by atoms with Crippen molar-refractivity contribution in [2.45, 2.75) is 25.8 Å². The molecule has 2 N–H and O–H groups in total. The predicted molar refractivity (Wildman–Crippen MR) is 59.6 cm³/mol. The molecule has 0 aliphatic carbocycles. The first-order valence-electron chi connectivity index (χ1n) is 6.02. The van der Waals surface area contributed by atoms with Crippen LogP contribution in [0.25, 0.3) is 0 Å². The molecule has 3 rings (SSSR count). The Bertz CT molecular complexity index is 224. The molecule has 3 heterocycles. The Morgan fingerprint density at radius 3 is 2.67 bits per heavy atom. The molecule has 0 aromatic carbocycles. The Labute approximate surface area is 91.4 Å². The number of nitrogens with one attached hydrogen (secondary N) is 2. The fraction of sp³-hybridized carbons (Fsp3) is 0.909. The van der Waals surface area contributed by atoms with Gasteiger partial charge in [0, 0.05) is 12.6 Å². The van der Waals surface area contributed by atoms with Crippen LogP contribution in [0.4, 0.5) is 0 Å². The highest BCUT2D eigenvalue weighted by atomic mass is 16.2. The summed E-state index contributed by atoms with van der Waals surface area (Å²) in [6.45, 7) is 6.84. The molecule has 4 nitrogen and oxygen atoms in total. The van der Waals surface area contributed by atoms with Crippen molar-refractivity contribution in [2.75, 3.05) is 32.7 Å². The minimum atomic E-state index is 0.149. The lowest BCUT2D eigenvalue weighted by Crippen LogP contribution is -2.58. The van der Waals surface area contributed by atoms with Crippen LogP contribution in [0.3, 0.4) is 0 Å². The minimum Gasteiger partial charge on any atom is -0.351 e. The number of hydrogen-bond donors (Lipinski definition) is 2. The average Bonchev–Trinajstić information content (AvgIpc) is 2.28. The summed E-state index contributed by atoms with van der Waals surface area (Å²) in [6, 6.07) is 0.402. The second-order valence-electron chi connectivity index (χ2n) is 4.59. The maximum Gasteiger partial charge on any atom is 0.234 e. The van der Waals surface area contributed by atoms with Gasteiger partial charge < -0.3 is 15.5 Å². The third-order valence-electron chi connectivity index (χ3n) is 3.54. The summed E-state index contributed by atoms with van der Waals surface area (Å²) in [7, 11) is 0. The first-order chi connectivity index (χ1) is 7.29. The summed E-state index contributed by atoms with van der Waals surface area (Å²) in [6.07, 6.45) is 2.51. The van der Waals surface area contributed by atoms with Gasteiger partial charge in [0.15, 0.2) is 0 Å². The van der Waals surface area contributed by atoms with E-state index in [1.165, 1.54) is 25.9 Å². The molecule has 0 radical (unpaired) electrons. The molecule has 0 spiro atoms. The van der Waals surface area contributed by atoms with Gasteiger partial charge in [0.2, 0.25) is 5.91 Å². The van der Waals surface area contributed by atoms with Crippen LogP contribution in [-0.2, 0) is 4.79 Å². The SMILES string of the molecule is CCNCC(=O)NC1CN2CCC1CC2. The number of amides is 1. The van der Waals surface area contributed by atoms with Crippen LogP contribution in [0.5, 0.6) is 0 Å². The first kappa shape index (κ1) is 10.9. The highest BCUT2D eigenvalue weighted by Gasteiger charge is 2.34. The Hall–Kier alpha value is -0.610. The van der Waals surface area contributed by atoms with Crippen LogP contribution < -0.4 is 10.6 Å². The average molecular weight is 211 g/mol. The standard InChI is InChI=1S/C11H21N3O/c1-2-12-7-11(15)13-10-8-14-5-3-9(10)4-6-14/h9-10,12H,2-8H2,1H3,(H,13,15). The van der Waals surface area contributed by atoms with E-state index in [0.29, 0.717) is 12.6 Å². The van der Waals surface area contributed by atoms with Crippen LogP contribution in [-0.4, -0.2) is 49.6 Å². The number of carbonyl (C=O) groups excluding carboxylic acids is 1. The lowest BCUT2D eigenvalue weighted by Gasteiger charge is -2.44. The van der Waals surface area contributed by atoms with Crippen LogP contribution in [0.1, 0.15) is 19.8 Å². The van der Waals surface area contributed by atoms with E-state index in [1.54, 1.807) is 0 Å². The number of rotatable bonds is 4. The summed E-state index contributed by atoms with van der Waals surface area (Å²) in [5.74, 6) is 0.871. The van der Waals surface area contributed by atoms with Crippen LogP contribution in [0.15, 0.2) is 0 Å². The maximum atomic E-state index is 11.6. The van der Waals surface area contributed by atoms with Gasteiger partial charge in [-0.2, -0.15) is 0 Å². The van der Waals surface area contributed by atoms with Crippen LogP contribution in [0.2, 0.25) is 0 Å². The van der Waals surface area contributed by atoms with E-state index in [9.17, 15) is 4.79 Å². The molecule has 2 bridgehead atoms. The lowest BCUT2D eigenvalue weighted by atomic mass is 9.84. The van der Waals surface area contributed by atoms with Crippen molar-refractivity contribution in [1.29, 1.82) is 0 Å². The Morgan fingerprint density at radius 2 is 2.13 bits per heavy atom. The molecule has 0 aromatic rings. The zero-order valence-electron chi connectivity index (χ0n) is 9.46. The predicted octanol–water partition coefficient (Wildman–Crippen LogP) is -0.194. The topological polar surface area (TPSA) is 44.4 Å². The van der Waals surface area contributed by atoms with Gasteiger partial charge in [0.1, 0.15) is 0 Å². The normalized spacial score (nSPS) is 34.1. The maximum absolute atomic E-state index is 11.6. The lowest BCUT2D eigenvalue weighted by molar-refractivity contribution is -0.122.